The summed E-state index contributed by atoms with van der Waals surface area (Å²) in [4.78, 5) is 11.8. The zero-order valence-corrected chi connectivity index (χ0v) is 12.7. The monoisotopic (exact) mass is 311 g/mol. The molecule has 0 radical (unpaired) electrons. The Balaban J connectivity index is 1.65. The summed E-state index contributed by atoms with van der Waals surface area (Å²) in [5.74, 6) is -0.305. The highest BCUT2D eigenvalue weighted by Crippen LogP contribution is 2.09. The molecule has 2 aromatic rings. The van der Waals surface area contributed by atoms with Gasteiger partial charge in [0.2, 0.25) is 5.91 Å². The Labute approximate surface area is 134 Å². The first kappa shape index (κ1) is 16.7. The fourth-order valence-electron chi connectivity index (χ4n) is 2.10. The van der Waals surface area contributed by atoms with Crippen molar-refractivity contribution < 1.29 is 9.18 Å². The van der Waals surface area contributed by atoms with E-state index in [2.05, 4.69) is 10.6 Å². The zero-order valence-electron chi connectivity index (χ0n) is 12.7. The van der Waals surface area contributed by atoms with E-state index in [0.717, 1.165) is 0 Å². The smallest absolute Gasteiger partial charge is 0.225 e. The average molecular weight is 311 g/mol. The van der Waals surface area contributed by atoms with Crippen LogP contribution in [-0.2, 0) is 11.2 Å². The van der Waals surface area contributed by atoms with Crippen molar-refractivity contribution in [2.75, 3.05) is 18.4 Å². The number of nitrogens with one attached hydrogen (secondary N) is 2. The number of nitriles is 1. The standard InChI is InChI=1S/C18H18FN3O/c19-17-4-2-1-3-15(17)9-11-21-12-10-18(23)22-16-7-5-14(13-20)6-8-16/h1-8,21H,9-12H2,(H,22,23). The van der Waals surface area contributed by atoms with Crippen LogP contribution in [0.2, 0.25) is 0 Å². The third-order valence-corrected chi connectivity index (χ3v) is 3.36. The first-order valence-corrected chi connectivity index (χ1v) is 7.43. The third-order valence-electron chi connectivity index (χ3n) is 3.36. The molecular weight excluding hydrogens is 293 g/mol. The summed E-state index contributed by atoms with van der Waals surface area (Å²) in [5.41, 5.74) is 1.89. The summed E-state index contributed by atoms with van der Waals surface area (Å²) in [6, 6.07) is 15.4. The molecule has 4 nitrogen and oxygen atoms in total. The fraction of sp³-hybridized carbons (Fsp3) is 0.222. The van der Waals surface area contributed by atoms with Gasteiger partial charge in [-0.05, 0) is 48.9 Å². The summed E-state index contributed by atoms with van der Waals surface area (Å²) in [5, 5.41) is 14.6. The molecule has 0 aromatic heterocycles. The third kappa shape index (κ3) is 5.53. The van der Waals surface area contributed by atoms with Crippen molar-refractivity contribution in [2.24, 2.45) is 0 Å². The first-order chi connectivity index (χ1) is 11.2. The number of halogens is 1. The van der Waals surface area contributed by atoms with Gasteiger partial charge in [-0.15, -0.1) is 0 Å². The normalized spacial score (nSPS) is 10.1. The van der Waals surface area contributed by atoms with Crippen LogP contribution >= 0.6 is 0 Å². The molecule has 0 fully saturated rings. The van der Waals surface area contributed by atoms with Crippen LogP contribution in [0.5, 0.6) is 0 Å². The predicted octanol–water partition coefficient (Wildman–Crippen LogP) is 2.86. The molecule has 0 saturated heterocycles. The van der Waals surface area contributed by atoms with Gasteiger partial charge in [0.15, 0.2) is 0 Å². The van der Waals surface area contributed by atoms with Crippen molar-refractivity contribution in [3.05, 3.63) is 65.5 Å². The van der Waals surface area contributed by atoms with Gasteiger partial charge in [0, 0.05) is 18.7 Å². The van der Waals surface area contributed by atoms with E-state index in [4.69, 9.17) is 5.26 Å². The Hall–Kier alpha value is -2.71. The lowest BCUT2D eigenvalue weighted by molar-refractivity contribution is -0.116. The molecule has 5 heteroatoms. The van der Waals surface area contributed by atoms with Crippen LogP contribution in [0, 0.1) is 17.1 Å². The summed E-state index contributed by atoms with van der Waals surface area (Å²) in [7, 11) is 0. The van der Waals surface area contributed by atoms with Gasteiger partial charge in [-0.25, -0.2) is 4.39 Å². The Kier molecular flexibility index (Phi) is 6.28. The lowest BCUT2D eigenvalue weighted by Crippen LogP contribution is -2.23. The molecule has 118 valence electrons. The summed E-state index contributed by atoms with van der Waals surface area (Å²) >= 11 is 0. The minimum absolute atomic E-state index is 0.104. The molecular formula is C18H18FN3O. The Morgan fingerprint density at radius 1 is 1.09 bits per heavy atom. The molecule has 0 aliphatic rings. The SMILES string of the molecule is N#Cc1ccc(NC(=O)CCNCCc2ccccc2F)cc1. The van der Waals surface area contributed by atoms with Gasteiger partial charge in [-0.3, -0.25) is 4.79 Å². The van der Waals surface area contributed by atoms with E-state index in [1.807, 2.05) is 12.1 Å². The Morgan fingerprint density at radius 2 is 1.83 bits per heavy atom. The van der Waals surface area contributed by atoms with Crippen LogP contribution in [0.1, 0.15) is 17.5 Å². The minimum atomic E-state index is -0.201. The van der Waals surface area contributed by atoms with Crippen LogP contribution in [0.25, 0.3) is 0 Å². The summed E-state index contributed by atoms with van der Waals surface area (Å²) < 4.78 is 13.4. The topological polar surface area (TPSA) is 64.9 Å². The van der Waals surface area contributed by atoms with Gasteiger partial charge >= 0.3 is 0 Å². The van der Waals surface area contributed by atoms with Crippen molar-refractivity contribution in [1.82, 2.24) is 5.32 Å². The molecule has 2 aromatic carbocycles. The molecule has 2 rings (SSSR count). The van der Waals surface area contributed by atoms with Gasteiger partial charge in [-0.2, -0.15) is 5.26 Å². The molecule has 0 heterocycles. The molecule has 0 atom stereocenters. The number of hydrogen-bond acceptors (Lipinski definition) is 3. The molecule has 0 unspecified atom stereocenters. The van der Waals surface area contributed by atoms with Crippen LogP contribution in [0.4, 0.5) is 10.1 Å². The van der Waals surface area contributed by atoms with E-state index < -0.39 is 0 Å². The fourth-order valence-corrected chi connectivity index (χ4v) is 2.10. The van der Waals surface area contributed by atoms with Crippen LogP contribution in [-0.4, -0.2) is 19.0 Å². The van der Waals surface area contributed by atoms with Gasteiger partial charge in [0.05, 0.1) is 11.6 Å². The average Bonchev–Trinajstić information content (AvgIpc) is 2.57. The van der Waals surface area contributed by atoms with E-state index in [0.29, 0.717) is 42.7 Å². The second-order valence-electron chi connectivity index (χ2n) is 5.08. The lowest BCUT2D eigenvalue weighted by Gasteiger charge is -2.07. The van der Waals surface area contributed by atoms with Crippen LogP contribution in [0.15, 0.2) is 48.5 Å². The second-order valence-corrected chi connectivity index (χ2v) is 5.08. The number of nitrogens with zero attached hydrogens (tertiary/aromatic N) is 1. The maximum Gasteiger partial charge on any atom is 0.225 e. The van der Waals surface area contributed by atoms with E-state index in [1.165, 1.54) is 6.07 Å². The first-order valence-electron chi connectivity index (χ1n) is 7.43. The van der Waals surface area contributed by atoms with E-state index >= 15 is 0 Å². The molecule has 0 aliphatic heterocycles. The van der Waals surface area contributed by atoms with Crippen molar-refractivity contribution in [1.29, 1.82) is 5.26 Å². The number of rotatable bonds is 7. The van der Waals surface area contributed by atoms with E-state index in [1.54, 1.807) is 36.4 Å². The zero-order chi connectivity index (χ0) is 16.5. The molecule has 23 heavy (non-hydrogen) atoms. The lowest BCUT2D eigenvalue weighted by atomic mass is 10.1. The quantitative estimate of drug-likeness (QED) is 0.773. The second kappa shape index (κ2) is 8.66. The van der Waals surface area contributed by atoms with Gasteiger partial charge in [0.1, 0.15) is 5.82 Å². The molecule has 0 spiro atoms. The number of carbonyl (C=O) groups excluding carboxylic acids is 1. The number of anilines is 1. The number of amides is 1. The van der Waals surface area contributed by atoms with Gasteiger partial charge < -0.3 is 10.6 Å². The Bertz CT molecular complexity index is 692. The minimum Gasteiger partial charge on any atom is -0.326 e. The van der Waals surface area contributed by atoms with Crippen LogP contribution in [0.3, 0.4) is 0 Å². The molecule has 2 N–H and O–H groups in total. The highest BCUT2D eigenvalue weighted by atomic mass is 19.1. The van der Waals surface area contributed by atoms with E-state index in [9.17, 15) is 9.18 Å². The van der Waals surface area contributed by atoms with Crippen molar-refractivity contribution in [3.8, 4) is 6.07 Å². The highest BCUT2D eigenvalue weighted by molar-refractivity contribution is 5.90. The molecule has 1 amide bonds. The van der Waals surface area contributed by atoms with Crippen molar-refractivity contribution in [3.63, 3.8) is 0 Å². The predicted molar refractivity (Wildman–Crippen MR) is 87.4 cm³/mol. The van der Waals surface area contributed by atoms with Gasteiger partial charge in [-0.1, -0.05) is 18.2 Å². The van der Waals surface area contributed by atoms with Crippen molar-refractivity contribution >= 4 is 11.6 Å². The highest BCUT2D eigenvalue weighted by Gasteiger charge is 2.03. The maximum atomic E-state index is 13.4. The number of benzene rings is 2. The summed E-state index contributed by atoms with van der Waals surface area (Å²) in [6.45, 7) is 1.14. The largest absolute Gasteiger partial charge is 0.326 e. The Morgan fingerprint density at radius 3 is 2.52 bits per heavy atom. The number of carbonyl (C=O) groups is 1. The molecule has 0 saturated carbocycles. The maximum absolute atomic E-state index is 13.4. The number of hydrogen-bond donors (Lipinski definition) is 2. The summed E-state index contributed by atoms with van der Waals surface area (Å²) in [6.07, 6.45) is 0.918. The van der Waals surface area contributed by atoms with E-state index in [-0.39, 0.29) is 11.7 Å². The van der Waals surface area contributed by atoms with Crippen molar-refractivity contribution in [2.45, 2.75) is 12.8 Å². The molecule has 0 bridgehead atoms. The van der Waals surface area contributed by atoms with Gasteiger partial charge in [0.25, 0.3) is 0 Å². The van der Waals surface area contributed by atoms with Crippen LogP contribution < -0.4 is 10.6 Å². The molecule has 0 aliphatic carbocycles.